The third-order valence-electron chi connectivity index (χ3n) is 5.27. The lowest BCUT2D eigenvalue weighted by molar-refractivity contribution is -0.137. The van der Waals surface area contributed by atoms with E-state index >= 15 is 0 Å². The van der Waals surface area contributed by atoms with Crippen LogP contribution in [-0.2, 0) is 19.1 Å². The molecule has 1 aliphatic rings. The van der Waals surface area contributed by atoms with Crippen molar-refractivity contribution in [2.45, 2.75) is 32.0 Å². The van der Waals surface area contributed by atoms with Gasteiger partial charge in [0, 0.05) is 29.6 Å². The fourth-order valence-electron chi connectivity index (χ4n) is 3.70. The largest absolute Gasteiger partial charge is 0.416 e. The number of nitrogens with zero attached hydrogens (tertiary/aromatic N) is 2. The molecular formula is C23H18F3N3O3. The van der Waals surface area contributed by atoms with Crippen LogP contribution in [0.1, 0.15) is 50.5 Å². The highest BCUT2D eigenvalue weighted by molar-refractivity contribution is 6.01. The number of halogens is 3. The molecule has 32 heavy (non-hydrogen) atoms. The van der Waals surface area contributed by atoms with Crippen LogP contribution in [0.15, 0.2) is 59.5 Å². The van der Waals surface area contributed by atoms with E-state index in [2.05, 4.69) is 10.3 Å². The molecule has 0 radical (unpaired) electrons. The molecule has 3 aromatic rings. The van der Waals surface area contributed by atoms with Crippen molar-refractivity contribution in [1.82, 2.24) is 14.9 Å². The first-order valence-electron chi connectivity index (χ1n) is 9.93. The number of amides is 1. The number of carbonyl (C=O) groups excluding carboxylic acids is 2. The van der Waals surface area contributed by atoms with Crippen LogP contribution in [-0.4, -0.2) is 21.2 Å². The summed E-state index contributed by atoms with van der Waals surface area (Å²) in [5.74, 6) is -0.909. The number of carbonyl (C=O) groups is 2. The van der Waals surface area contributed by atoms with Crippen LogP contribution in [0.5, 0.6) is 0 Å². The van der Waals surface area contributed by atoms with E-state index in [1.165, 1.54) is 22.8 Å². The Bertz CT molecular complexity index is 1230. The predicted octanol–water partition coefficient (Wildman–Crippen LogP) is 3.70. The van der Waals surface area contributed by atoms with E-state index in [9.17, 15) is 27.6 Å². The highest BCUT2D eigenvalue weighted by Gasteiger charge is 2.31. The van der Waals surface area contributed by atoms with Gasteiger partial charge in [0.05, 0.1) is 17.8 Å². The van der Waals surface area contributed by atoms with Gasteiger partial charge in [-0.3, -0.25) is 23.9 Å². The molecule has 2 aromatic heterocycles. The van der Waals surface area contributed by atoms with Gasteiger partial charge in [-0.1, -0.05) is 6.07 Å². The Kier molecular flexibility index (Phi) is 5.65. The van der Waals surface area contributed by atoms with Crippen molar-refractivity contribution in [1.29, 1.82) is 0 Å². The van der Waals surface area contributed by atoms with Crippen molar-refractivity contribution in [3.63, 3.8) is 0 Å². The van der Waals surface area contributed by atoms with Crippen molar-refractivity contribution in [2.24, 2.45) is 0 Å². The molecule has 0 bridgehead atoms. The SMILES string of the molecule is O=C1CCCc2c1cc(C(=O)NCc1ccccn1)c(=O)n2-c1ccc(C(F)(F)F)cc1. The summed E-state index contributed by atoms with van der Waals surface area (Å²) in [6.45, 7) is 0.0738. The molecule has 9 heteroatoms. The number of benzene rings is 1. The van der Waals surface area contributed by atoms with E-state index < -0.39 is 23.2 Å². The first kappa shape index (κ1) is 21.5. The Hall–Kier alpha value is -3.75. The molecule has 164 valence electrons. The van der Waals surface area contributed by atoms with Gasteiger partial charge in [0.1, 0.15) is 5.56 Å². The van der Waals surface area contributed by atoms with Gasteiger partial charge in [0.25, 0.3) is 11.5 Å². The molecule has 0 unspecified atom stereocenters. The minimum absolute atomic E-state index is 0.0738. The Labute approximate surface area is 180 Å². The number of rotatable bonds is 4. The van der Waals surface area contributed by atoms with Crippen molar-refractivity contribution in [3.8, 4) is 5.69 Å². The lowest BCUT2D eigenvalue weighted by Crippen LogP contribution is -2.36. The van der Waals surface area contributed by atoms with Crippen LogP contribution in [0.25, 0.3) is 5.69 Å². The average Bonchev–Trinajstić information content (AvgIpc) is 2.77. The van der Waals surface area contributed by atoms with Gasteiger partial charge >= 0.3 is 6.18 Å². The lowest BCUT2D eigenvalue weighted by atomic mass is 9.92. The van der Waals surface area contributed by atoms with Gasteiger partial charge < -0.3 is 5.32 Å². The molecule has 1 N–H and O–H groups in total. The molecule has 0 saturated carbocycles. The van der Waals surface area contributed by atoms with Gasteiger partial charge in [-0.15, -0.1) is 0 Å². The van der Waals surface area contributed by atoms with Crippen LogP contribution in [0.4, 0.5) is 13.2 Å². The van der Waals surface area contributed by atoms with Gasteiger partial charge in [-0.2, -0.15) is 13.2 Å². The summed E-state index contributed by atoms with van der Waals surface area (Å²) in [5, 5.41) is 2.61. The van der Waals surface area contributed by atoms with Crippen LogP contribution < -0.4 is 10.9 Å². The molecule has 2 heterocycles. The highest BCUT2D eigenvalue weighted by Crippen LogP contribution is 2.30. The summed E-state index contributed by atoms with van der Waals surface area (Å²) in [4.78, 5) is 42.6. The quantitative estimate of drug-likeness (QED) is 0.670. The third kappa shape index (κ3) is 4.18. The fourth-order valence-corrected chi connectivity index (χ4v) is 3.70. The zero-order valence-electron chi connectivity index (χ0n) is 16.8. The van der Waals surface area contributed by atoms with Crippen LogP contribution in [0.2, 0.25) is 0 Å². The Morgan fingerprint density at radius 1 is 1.06 bits per heavy atom. The number of Topliss-reactive ketones (excluding diaryl/α,β-unsaturated/α-hetero) is 1. The molecule has 0 saturated heterocycles. The summed E-state index contributed by atoms with van der Waals surface area (Å²) in [7, 11) is 0. The fraction of sp³-hybridized carbons (Fsp3) is 0.217. The molecule has 0 atom stereocenters. The minimum Gasteiger partial charge on any atom is -0.346 e. The third-order valence-corrected chi connectivity index (χ3v) is 5.27. The maximum absolute atomic E-state index is 13.2. The normalized spacial score (nSPS) is 13.5. The van der Waals surface area contributed by atoms with E-state index in [-0.39, 0.29) is 35.6 Å². The number of alkyl halides is 3. The van der Waals surface area contributed by atoms with Crippen LogP contribution in [0, 0.1) is 0 Å². The molecule has 6 nitrogen and oxygen atoms in total. The van der Waals surface area contributed by atoms with Crippen molar-refractivity contribution >= 4 is 11.7 Å². The maximum Gasteiger partial charge on any atom is 0.416 e. The van der Waals surface area contributed by atoms with E-state index in [0.29, 0.717) is 24.2 Å². The average molecular weight is 441 g/mol. The Balaban J connectivity index is 1.77. The molecule has 1 aliphatic carbocycles. The van der Waals surface area contributed by atoms with E-state index in [0.717, 1.165) is 12.1 Å². The zero-order valence-corrected chi connectivity index (χ0v) is 16.8. The smallest absolute Gasteiger partial charge is 0.346 e. The number of pyridine rings is 2. The summed E-state index contributed by atoms with van der Waals surface area (Å²) >= 11 is 0. The number of nitrogens with one attached hydrogen (secondary N) is 1. The van der Waals surface area contributed by atoms with Gasteiger partial charge in [0.2, 0.25) is 0 Å². The molecule has 0 aliphatic heterocycles. The van der Waals surface area contributed by atoms with Crippen molar-refractivity contribution in [2.75, 3.05) is 0 Å². The number of fused-ring (bicyclic) bond motifs is 1. The summed E-state index contributed by atoms with van der Waals surface area (Å²) in [6, 6.07) is 10.5. The minimum atomic E-state index is -4.52. The number of hydrogen-bond acceptors (Lipinski definition) is 4. The van der Waals surface area contributed by atoms with E-state index in [1.54, 1.807) is 24.4 Å². The number of hydrogen-bond donors (Lipinski definition) is 1. The monoisotopic (exact) mass is 441 g/mol. The maximum atomic E-state index is 13.2. The molecule has 1 amide bonds. The topological polar surface area (TPSA) is 81.1 Å². The predicted molar refractivity (Wildman–Crippen MR) is 110 cm³/mol. The second-order valence-electron chi connectivity index (χ2n) is 7.38. The van der Waals surface area contributed by atoms with Crippen molar-refractivity contribution < 1.29 is 22.8 Å². The van der Waals surface area contributed by atoms with Crippen molar-refractivity contribution in [3.05, 3.63) is 93.2 Å². The van der Waals surface area contributed by atoms with Gasteiger partial charge in [-0.25, -0.2) is 0 Å². The van der Waals surface area contributed by atoms with Crippen LogP contribution >= 0.6 is 0 Å². The second-order valence-corrected chi connectivity index (χ2v) is 7.38. The molecule has 4 rings (SSSR count). The van der Waals surface area contributed by atoms with Gasteiger partial charge in [0.15, 0.2) is 5.78 Å². The highest BCUT2D eigenvalue weighted by atomic mass is 19.4. The second kappa shape index (κ2) is 8.41. The molecule has 0 spiro atoms. The first-order chi connectivity index (χ1) is 15.3. The number of aromatic nitrogens is 2. The molecule has 0 fully saturated rings. The van der Waals surface area contributed by atoms with E-state index in [1.807, 2.05) is 0 Å². The van der Waals surface area contributed by atoms with Crippen LogP contribution in [0.3, 0.4) is 0 Å². The molecule has 1 aromatic carbocycles. The number of ketones is 1. The van der Waals surface area contributed by atoms with E-state index in [4.69, 9.17) is 0 Å². The Morgan fingerprint density at radius 2 is 1.81 bits per heavy atom. The zero-order chi connectivity index (χ0) is 22.9. The van der Waals surface area contributed by atoms with Gasteiger partial charge in [-0.05, 0) is 55.3 Å². The summed E-state index contributed by atoms with van der Waals surface area (Å²) in [6.07, 6.45) is -1.78. The lowest BCUT2D eigenvalue weighted by Gasteiger charge is -2.22. The summed E-state index contributed by atoms with van der Waals surface area (Å²) < 4.78 is 40.0. The molecular weight excluding hydrogens is 423 g/mol. The Morgan fingerprint density at radius 3 is 2.47 bits per heavy atom. The first-order valence-corrected chi connectivity index (χ1v) is 9.93. The summed E-state index contributed by atoms with van der Waals surface area (Å²) in [5.41, 5.74) is -0.438. The standard InChI is InChI=1S/C23H18F3N3O3/c24-23(25,26)14-7-9-16(10-8-14)29-19-5-3-6-20(30)17(19)12-18(22(29)32)21(31)28-13-15-4-1-2-11-27-15/h1-2,4,7-12H,3,5-6,13H2,(H,28,31).